The highest BCUT2D eigenvalue weighted by atomic mass is 32.1. The summed E-state index contributed by atoms with van der Waals surface area (Å²) in [7, 11) is 0. The Balaban J connectivity index is 1.61. The number of thiocarbonyl (C=S) groups is 1. The van der Waals surface area contributed by atoms with E-state index in [9.17, 15) is 0 Å². The van der Waals surface area contributed by atoms with E-state index in [0.29, 0.717) is 10.9 Å². The van der Waals surface area contributed by atoms with Gasteiger partial charge in [-0.3, -0.25) is 10.9 Å². The van der Waals surface area contributed by atoms with E-state index in [4.69, 9.17) is 22.2 Å². The quantitative estimate of drug-likeness (QED) is 0.360. The smallest absolute Gasteiger partial charge is 0.189 e. The highest BCUT2D eigenvalue weighted by Gasteiger charge is 2.11. The van der Waals surface area contributed by atoms with Crippen LogP contribution < -0.4 is 16.2 Å². The van der Waals surface area contributed by atoms with E-state index in [1.54, 1.807) is 0 Å². The third kappa shape index (κ3) is 4.02. The molecular formula is C21H17N5S. The molecule has 0 aliphatic carbocycles. The highest BCUT2D eigenvalue weighted by Crippen LogP contribution is 2.26. The second-order valence-electron chi connectivity index (χ2n) is 5.85. The van der Waals surface area contributed by atoms with Crippen LogP contribution in [0.2, 0.25) is 0 Å². The highest BCUT2D eigenvalue weighted by molar-refractivity contribution is 7.80. The maximum Gasteiger partial charge on any atom is 0.189 e. The van der Waals surface area contributed by atoms with Gasteiger partial charge in [0.1, 0.15) is 5.69 Å². The molecule has 0 aliphatic rings. The zero-order valence-corrected chi connectivity index (χ0v) is 15.2. The first-order chi connectivity index (χ1) is 13.3. The molecule has 0 saturated carbocycles. The van der Waals surface area contributed by atoms with Crippen LogP contribution in [-0.2, 0) is 0 Å². The molecule has 0 spiro atoms. The fourth-order valence-corrected chi connectivity index (χ4v) is 2.85. The first kappa shape index (κ1) is 16.9. The van der Waals surface area contributed by atoms with E-state index in [2.05, 4.69) is 16.2 Å². The van der Waals surface area contributed by atoms with Crippen molar-refractivity contribution in [2.45, 2.75) is 0 Å². The van der Waals surface area contributed by atoms with Gasteiger partial charge in [-0.25, -0.2) is 9.97 Å². The van der Waals surface area contributed by atoms with Crippen LogP contribution in [0.4, 0.5) is 11.5 Å². The van der Waals surface area contributed by atoms with Crippen molar-refractivity contribution in [3.05, 3.63) is 84.9 Å². The summed E-state index contributed by atoms with van der Waals surface area (Å²) >= 11 is 5.36. The van der Waals surface area contributed by atoms with Gasteiger partial charge in [0.2, 0.25) is 0 Å². The Kier molecular flexibility index (Phi) is 4.89. The number of rotatable bonds is 4. The van der Waals surface area contributed by atoms with E-state index in [0.717, 1.165) is 28.0 Å². The van der Waals surface area contributed by atoms with Crippen molar-refractivity contribution in [1.29, 1.82) is 0 Å². The van der Waals surface area contributed by atoms with Gasteiger partial charge in [-0.05, 0) is 36.5 Å². The number of nitrogens with one attached hydrogen (secondary N) is 3. The molecule has 0 saturated heterocycles. The number of fused-ring (bicyclic) bond motifs is 1. The number of hydrazine groups is 1. The zero-order chi connectivity index (χ0) is 18.5. The molecule has 1 aromatic heterocycles. The Hall–Kier alpha value is -3.51. The summed E-state index contributed by atoms with van der Waals surface area (Å²) in [6.07, 6.45) is 0. The fraction of sp³-hybridized carbons (Fsp3) is 0. The maximum atomic E-state index is 5.36. The van der Waals surface area contributed by atoms with Gasteiger partial charge >= 0.3 is 0 Å². The van der Waals surface area contributed by atoms with Crippen molar-refractivity contribution in [2.24, 2.45) is 0 Å². The summed E-state index contributed by atoms with van der Waals surface area (Å²) in [6.45, 7) is 0. The van der Waals surface area contributed by atoms with Crippen molar-refractivity contribution in [3.8, 4) is 11.3 Å². The van der Waals surface area contributed by atoms with Crippen molar-refractivity contribution in [2.75, 3.05) is 10.7 Å². The second-order valence-corrected chi connectivity index (χ2v) is 6.25. The van der Waals surface area contributed by atoms with Crippen molar-refractivity contribution < 1.29 is 0 Å². The van der Waals surface area contributed by atoms with Crippen LogP contribution >= 0.6 is 12.2 Å². The van der Waals surface area contributed by atoms with Crippen LogP contribution in [-0.4, -0.2) is 15.1 Å². The lowest BCUT2D eigenvalue weighted by molar-refractivity contribution is 1.09. The lowest BCUT2D eigenvalue weighted by Crippen LogP contribution is -2.34. The minimum absolute atomic E-state index is 0.440. The SMILES string of the molecule is S=C(NNc1nc2ccccc2nc1-c1ccccc1)Nc1ccccc1. The van der Waals surface area contributed by atoms with Crippen molar-refractivity contribution >= 4 is 39.9 Å². The van der Waals surface area contributed by atoms with Gasteiger partial charge in [-0.1, -0.05) is 60.7 Å². The molecule has 3 aromatic carbocycles. The van der Waals surface area contributed by atoms with Gasteiger partial charge in [-0.2, -0.15) is 0 Å². The number of anilines is 2. The van der Waals surface area contributed by atoms with Crippen LogP contribution in [0, 0.1) is 0 Å². The first-order valence-electron chi connectivity index (χ1n) is 8.50. The lowest BCUT2D eigenvalue weighted by Gasteiger charge is -2.15. The Morgan fingerprint density at radius 1 is 0.704 bits per heavy atom. The molecule has 0 amide bonds. The molecule has 0 bridgehead atoms. The number of hydrogen-bond acceptors (Lipinski definition) is 4. The number of benzene rings is 3. The Labute approximate surface area is 162 Å². The summed E-state index contributed by atoms with van der Waals surface area (Å²) in [5.41, 5.74) is 10.4. The molecule has 0 radical (unpaired) electrons. The molecule has 0 fully saturated rings. The topological polar surface area (TPSA) is 61.9 Å². The molecule has 1 heterocycles. The summed E-state index contributed by atoms with van der Waals surface area (Å²) < 4.78 is 0. The van der Waals surface area contributed by atoms with E-state index >= 15 is 0 Å². The average Bonchev–Trinajstić information content (AvgIpc) is 2.73. The van der Waals surface area contributed by atoms with E-state index in [1.807, 2.05) is 84.9 Å². The molecule has 5 nitrogen and oxygen atoms in total. The zero-order valence-electron chi connectivity index (χ0n) is 14.4. The minimum Gasteiger partial charge on any atom is -0.331 e. The first-order valence-corrected chi connectivity index (χ1v) is 8.91. The van der Waals surface area contributed by atoms with Gasteiger partial charge in [0.05, 0.1) is 11.0 Å². The molecular weight excluding hydrogens is 354 g/mol. The molecule has 0 unspecified atom stereocenters. The predicted octanol–water partition coefficient (Wildman–Crippen LogP) is 4.61. The van der Waals surface area contributed by atoms with Gasteiger partial charge < -0.3 is 5.32 Å². The van der Waals surface area contributed by atoms with E-state index in [-0.39, 0.29) is 0 Å². The van der Waals surface area contributed by atoms with Gasteiger partial charge in [0.25, 0.3) is 0 Å². The molecule has 0 atom stereocenters. The Morgan fingerprint density at radius 2 is 1.30 bits per heavy atom. The summed E-state index contributed by atoms with van der Waals surface area (Å²) in [5, 5.41) is 3.56. The van der Waals surface area contributed by atoms with Crippen LogP contribution in [0.15, 0.2) is 84.9 Å². The number of para-hydroxylation sites is 3. The molecule has 4 aromatic rings. The standard InChI is InChI=1S/C21H17N5S/c27-21(22-16-11-5-2-6-12-16)26-25-20-19(15-9-3-1-4-10-15)23-17-13-7-8-14-18(17)24-20/h1-14H,(H,24,25)(H2,22,26,27). The molecule has 0 aliphatic heterocycles. The largest absolute Gasteiger partial charge is 0.331 e. The van der Waals surface area contributed by atoms with Gasteiger partial charge in [0, 0.05) is 11.3 Å². The summed E-state index contributed by atoms with van der Waals surface area (Å²) in [5.74, 6) is 0.608. The molecule has 27 heavy (non-hydrogen) atoms. The third-order valence-electron chi connectivity index (χ3n) is 3.94. The third-order valence-corrected chi connectivity index (χ3v) is 4.15. The van der Waals surface area contributed by atoms with E-state index in [1.165, 1.54) is 0 Å². The molecule has 132 valence electrons. The van der Waals surface area contributed by atoms with Gasteiger partial charge in [0.15, 0.2) is 10.9 Å². The Bertz CT molecular complexity index is 1070. The maximum absolute atomic E-state index is 5.36. The normalized spacial score (nSPS) is 10.4. The van der Waals surface area contributed by atoms with Crippen molar-refractivity contribution in [3.63, 3.8) is 0 Å². The van der Waals surface area contributed by atoms with Gasteiger partial charge in [-0.15, -0.1) is 0 Å². The van der Waals surface area contributed by atoms with E-state index < -0.39 is 0 Å². The minimum atomic E-state index is 0.440. The Morgan fingerprint density at radius 3 is 2.00 bits per heavy atom. The second kappa shape index (κ2) is 7.80. The number of aromatic nitrogens is 2. The number of nitrogens with zero attached hydrogens (tertiary/aromatic N) is 2. The van der Waals surface area contributed by atoms with Crippen LogP contribution in [0.5, 0.6) is 0 Å². The average molecular weight is 371 g/mol. The molecule has 4 rings (SSSR count). The predicted molar refractivity (Wildman–Crippen MR) is 114 cm³/mol. The molecule has 3 N–H and O–H groups in total. The van der Waals surface area contributed by atoms with Crippen LogP contribution in [0.25, 0.3) is 22.3 Å². The monoisotopic (exact) mass is 371 g/mol. The van der Waals surface area contributed by atoms with Crippen LogP contribution in [0.3, 0.4) is 0 Å². The number of hydrogen-bond donors (Lipinski definition) is 3. The van der Waals surface area contributed by atoms with Crippen LogP contribution in [0.1, 0.15) is 0 Å². The summed E-state index contributed by atoms with van der Waals surface area (Å²) in [6, 6.07) is 27.5. The van der Waals surface area contributed by atoms with Crippen molar-refractivity contribution in [1.82, 2.24) is 15.4 Å². The molecule has 6 heteroatoms. The summed E-state index contributed by atoms with van der Waals surface area (Å²) in [4.78, 5) is 9.49. The lowest BCUT2D eigenvalue weighted by atomic mass is 10.1. The fourth-order valence-electron chi connectivity index (χ4n) is 2.68.